The van der Waals surface area contributed by atoms with Gasteiger partial charge in [0.15, 0.2) is 11.5 Å². The van der Waals surface area contributed by atoms with Gasteiger partial charge in [0.25, 0.3) is 5.89 Å². The van der Waals surface area contributed by atoms with Gasteiger partial charge in [-0.05, 0) is 45.8 Å². The number of halogens is 1. The van der Waals surface area contributed by atoms with Gasteiger partial charge in [-0.2, -0.15) is 4.98 Å². The fraction of sp³-hybridized carbons (Fsp3) is 0.625. The third kappa shape index (κ3) is 3.10. The maximum Gasteiger partial charge on any atom is 0.278 e. The lowest BCUT2D eigenvalue weighted by atomic mass is 9.97. The van der Waals surface area contributed by atoms with E-state index in [-0.39, 0.29) is 0 Å². The first kappa shape index (κ1) is 15.8. The molecule has 0 bridgehead atoms. The third-order valence-corrected chi connectivity index (χ3v) is 5.12. The van der Waals surface area contributed by atoms with E-state index in [0.29, 0.717) is 28.5 Å². The topological polar surface area (TPSA) is 71.2 Å². The molecule has 2 aliphatic rings. The van der Waals surface area contributed by atoms with E-state index in [4.69, 9.17) is 16.1 Å². The van der Waals surface area contributed by atoms with E-state index >= 15 is 0 Å². The first-order valence-electron chi connectivity index (χ1n) is 8.51. The Hall–Kier alpha value is -1.73. The van der Waals surface area contributed by atoms with Gasteiger partial charge in [0, 0.05) is 19.0 Å². The SMILES string of the molecule is CN1CCC(c2noc(-c3nc(N4CCCC4)ncc3Cl)n2)CC1. The number of hydrogen-bond acceptors (Lipinski definition) is 7. The van der Waals surface area contributed by atoms with E-state index in [1.54, 1.807) is 6.20 Å². The van der Waals surface area contributed by atoms with Gasteiger partial charge in [0.2, 0.25) is 5.95 Å². The van der Waals surface area contributed by atoms with E-state index in [9.17, 15) is 0 Å². The lowest BCUT2D eigenvalue weighted by Crippen LogP contribution is -2.29. The molecule has 2 saturated heterocycles. The van der Waals surface area contributed by atoms with Crippen LogP contribution in [0.4, 0.5) is 5.95 Å². The van der Waals surface area contributed by atoms with E-state index < -0.39 is 0 Å². The van der Waals surface area contributed by atoms with E-state index in [2.05, 4.69) is 37.0 Å². The van der Waals surface area contributed by atoms with Crippen LogP contribution in [0.5, 0.6) is 0 Å². The van der Waals surface area contributed by atoms with Crippen molar-refractivity contribution in [2.24, 2.45) is 0 Å². The highest BCUT2D eigenvalue weighted by Gasteiger charge is 2.25. The maximum absolute atomic E-state index is 6.27. The van der Waals surface area contributed by atoms with E-state index in [1.165, 1.54) is 12.8 Å². The summed E-state index contributed by atoms with van der Waals surface area (Å²) in [4.78, 5) is 18.0. The van der Waals surface area contributed by atoms with Gasteiger partial charge in [0.05, 0.1) is 11.2 Å². The summed E-state index contributed by atoms with van der Waals surface area (Å²) in [5.74, 6) is 2.18. The molecule has 0 amide bonds. The highest BCUT2D eigenvalue weighted by molar-refractivity contribution is 6.32. The van der Waals surface area contributed by atoms with Gasteiger partial charge >= 0.3 is 0 Å². The van der Waals surface area contributed by atoms with Crippen molar-refractivity contribution in [3.63, 3.8) is 0 Å². The molecule has 4 heterocycles. The van der Waals surface area contributed by atoms with Crippen LogP contribution in [0.2, 0.25) is 5.02 Å². The Bertz CT molecular complexity index is 706. The van der Waals surface area contributed by atoms with Crippen LogP contribution in [0.1, 0.15) is 37.4 Å². The summed E-state index contributed by atoms with van der Waals surface area (Å²) in [6.07, 6.45) is 6.05. The number of nitrogens with zero attached hydrogens (tertiary/aromatic N) is 6. The van der Waals surface area contributed by atoms with Crippen LogP contribution in [0.25, 0.3) is 11.6 Å². The minimum absolute atomic E-state index is 0.345. The molecule has 0 unspecified atom stereocenters. The van der Waals surface area contributed by atoms with Gasteiger partial charge in [-0.25, -0.2) is 9.97 Å². The molecule has 0 aliphatic carbocycles. The molecule has 0 radical (unpaired) electrons. The Balaban J connectivity index is 1.58. The Kier molecular flexibility index (Phi) is 4.37. The van der Waals surface area contributed by atoms with Gasteiger partial charge in [-0.1, -0.05) is 16.8 Å². The molecular weight excluding hydrogens is 328 g/mol. The highest BCUT2D eigenvalue weighted by atomic mass is 35.5. The van der Waals surface area contributed by atoms with Gasteiger partial charge in [-0.3, -0.25) is 0 Å². The second-order valence-electron chi connectivity index (χ2n) is 6.60. The van der Waals surface area contributed by atoms with Crippen molar-refractivity contribution in [1.29, 1.82) is 0 Å². The van der Waals surface area contributed by atoms with Crippen molar-refractivity contribution in [3.05, 3.63) is 17.0 Å². The Morgan fingerprint density at radius 1 is 1.12 bits per heavy atom. The zero-order chi connectivity index (χ0) is 16.5. The summed E-state index contributed by atoms with van der Waals surface area (Å²) in [6, 6.07) is 0. The molecule has 0 saturated carbocycles. The molecule has 2 aromatic rings. The lowest BCUT2D eigenvalue weighted by Gasteiger charge is -2.26. The van der Waals surface area contributed by atoms with Crippen molar-refractivity contribution in [2.45, 2.75) is 31.6 Å². The highest BCUT2D eigenvalue weighted by Crippen LogP contribution is 2.30. The number of rotatable bonds is 3. The van der Waals surface area contributed by atoms with Crippen molar-refractivity contribution in [3.8, 4) is 11.6 Å². The number of likely N-dealkylation sites (tertiary alicyclic amines) is 1. The van der Waals surface area contributed by atoms with Crippen LogP contribution in [-0.2, 0) is 0 Å². The number of aromatic nitrogens is 4. The van der Waals surface area contributed by atoms with Crippen LogP contribution < -0.4 is 4.90 Å². The fourth-order valence-electron chi connectivity index (χ4n) is 3.34. The Morgan fingerprint density at radius 2 is 1.88 bits per heavy atom. The van der Waals surface area contributed by atoms with Gasteiger partial charge in [0.1, 0.15) is 0 Å². The molecule has 8 heteroatoms. The number of hydrogen-bond donors (Lipinski definition) is 0. The zero-order valence-corrected chi connectivity index (χ0v) is 14.5. The van der Waals surface area contributed by atoms with Crippen LogP contribution in [0.3, 0.4) is 0 Å². The molecular formula is C16H21ClN6O. The molecule has 2 fully saturated rings. The largest absolute Gasteiger partial charge is 0.341 e. The third-order valence-electron chi connectivity index (χ3n) is 4.85. The second-order valence-corrected chi connectivity index (χ2v) is 7.00. The van der Waals surface area contributed by atoms with Crippen LogP contribution >= 0.6 is 11.6 Å². The Labute approximate surface area is 146 Å². The van der Waals surface area contributed by atoms with Crippen molar-refractivity contribution in [2.75, 3.05) is 38.1 Å². The molecule has 7 nitrogen and oxygen atoms in total. The average Bonchev–Trinajstić information content (AvgIpc) is 3.28. The quantitative estimate of drug-likeness (QED) is 0.844. The summed E-state index contributed by atoms with van der Waals surface area (Å²) < 4.78 is 5.46. The monoisotopic (exact) mass is 348 g/mol. The zero-order valence-electron chi connectivity index (χ0n) is 13.8. The average molecular weight is 349 g/mol. The first-order valence-corrected chi connectivity index (χ1v) is 8.88. The first-order chi connectivity index (χ1) is 11.7. The maximum atomic E-state index is 6.27. The van der Waals surface area contributed by atoms with Crippen LogP contribution in [0.15, 0.2) is 10.7 Å². The molecule has 0 aromatic carbocycles. The molecule has 2 aromatic heterocycles. The molecule has 0 N–H and O–H groups in total. The molecule has 128 valence electrons. The van der Waals surface area contributed by atoms with Gasteiger partial charge in [-0.15, -0.1) is 0 Å². The summed E-state index contributed by atoms with van der Waals surface area (Å²) in [5, 5.41) is 4.61. The number of anilines is 1. The minimum atomic E-state index is 0.345. The predicted octanol–water partition coefficient (Wildman–Crippen LogP) is 2.59. The van der Waals surface area contributed by atoms with Crippen LogP contribution in [0, 0.1) is 0 Å². The fourth-order valence-corrected chi connectivity index (χ4v) is 3.51. The lowest BCUT2D eigenvalue weighted by molar-refractivity contribution is 0.248. The standard InChI is InChI=1S/C16H21ClN6O/c1-22-8-4-11(5-9-22)14-20-15(24-21-14)13-12(17)10-18-16(19-13)23-6-2-3-7-23/h10-11H,2-9H2,1H3. The summed E-state index contributed by atoms with van der Waals surface area (Å²) >= 11 is 6.27. The van der Waals surface area contributed by atoms with E-state index in [1.807, 2.05) is 0 Å². The van der Waals surface area contributed by atoms with Gasteiger partial charge < -0.3 is 14.3 Å². The molecule has 4 rings (SSSR count). The molecule has 24 heavy (non-hydrogen) atoms. The summed E-state index contributed by atoms with van der Waals surface area (Å²) in [6.45, 7) is 4.07. The predicted molar refractivity (Wildman–Crippen MR) is 91.3 cm³/mol. The number of piperidine rings is 1. The Morgan fingerprint density at radius 3 is 2.62 bits per heavy atom. The smallest absolute Gasteiger partial charge is 0.278 e. The van der Waals surface area contributed by atoms with Crippen molar-refractivity contribution < 1.29 is 4.52 Å². The normalized spacial score (nSPS) is 20.0. The second kappa shape index (κ2) is 6.64. The van der Waals surface area contributed by atoms with Crippen LogP contribution in [-0.4, -0.2) is 58.2 Å². The molecule has 0 atom stereocenters. The van der Waals surface area contributed by atoms with Crippen molar-refractivity contribution in [1.82, 2.24) is 25.0 Å². The molecule has 2 aliphatic heterocycles. The van der Waals surface area contributed by atoms with Crippen molar-refractivity contribution >= 4 is 17.5 Å². The van der Waals surface area contributed by atoms with E-state index in [0.717, 1.165) is 44.8 Å². The summed E-state index contributed by atoms with van der Waals surface area (Å²) in [5.41, 5.74) is 0.528. The minimum Gasteiger partial charge on any atom is -0.341 e. The summed E-state index contributed by atoms with van der Waals surface area (Å²) in [7, 11) is 2.14. The molecule has 0 spiro atoms.